The molecule has 0 fully saturated rings. The minimum atomic E-state index is 0.194. The van der Waals surface area contributed by atoms with Crippen LogP contribution in [0.5, 0.6) is 0 Å². The number of hydrogen-bond acceptors (Lipinski definition) is 1. The fourth-order valence-corrected chi connectivity index (χ4v) is 1.57. The van der Waals surface area contributed by atoms with Gasteiger partial charge in [0, 0.05) is 23.6 Å². The van der Waals surface area contributed by atoms with Gasteiger partial charge in [0.1, 0.15) is 0 Å². The van der Waals surface area contributed by atoms with E-state index in [1.165, 1.54) is 5.71 Å². The van der Waals surface area contributed by atoms with Gasteiger partial charge in [-0.1, -0.05) is 47.6 Å². The molecule has 1 aliphatic heterocycles. The Bertz CT molecular complexity index is 258. The van der Waals surface area contributed by atoms with E-state index in [9.17, 15) is 0 Å². The van der Waals surface area contributed by atoms with Crippen molar-refractivity contribution in [3.05, 3.63) is 12.2 Å². The van der Waals surface area contributed by atoms with E-state index >= 15 is 0 Å². The first kappa shape index (κ1) is 11.5. The van der Waals surface area contributed by atoms with E-state index in [-0.39, 0.29) is 5.41 Å². The largest absolute Gasteiger partial charge is 0.289 e. The summed E-state index contributed by atoms with van der Waals surface area (Å²) in [5, 5.41) is 0. The Labute approximate surface area is 88.3 Å². The Balaban J connectivity index is 2.72. The van der Waals surface area contributed by atoms with E-state index in [4.69, 9.17) is 0 Å². The predicted molar refractivity (Wildman–Crippen MR) is 63.8 cm³/mol. The summed E-state index contributed by atoms with van der Waals surface area (Å²) >= 11 is 0. The molecule has 0 saturated heterocycles. The molecule has 0 amide bonds. The van der Waals surface area contributed by atoms with Gasteiger partial charge in [0.25, 0.3) is 0 Å². The van der Waals surface area contributed by atoms with Crippen molar-refractivity contribution in [2.75, 3.05) is 6.54 Å². The van der Waals surface area contributed by atoms with Crippen molar-refractivity contribution in [2.24, 2.45) is 21.7 Å². The minimum Gasteiger partial charge on any atom is -0.289 e. The Hall–Kier alpha value is -0.590. The lowest BCUT2D eigenvalue weighted by Crippen LogP contribution is -2.28. The summed E-state index contributed by atoms with van der Waals surface area (Å²) in [5.41, 5.74) is 1.76. The van der Waals surface area contributed by atoms with Crippen molar-refractivity contribution in [1.29, 1.82) is 0 Å². The molecule has 0 aromatic carbocycles. The zero-order valence-corrected chi connectivity index (χ0v) is 10.4. The Morgan fingerprint density at radius 2 is 1.71 bits per heavy atom. The van der Waals surface area contributed by atoms with Gasteiger partial charge in [-0.05, 0) is 11.5 Å². The molecule has 0 radical (unpaired) electrons. The maximum absolute atomic E-state index is 4.68. The summed E-state index contributed by atoms with van der Waals surface area (Å²) in [6.45, 7) is 14.4. The Morgan fingerprint density at radius 1 is 1.14 bits per heavy atom. The van der Waals surface area contributed by atoms with Crippen LogP contribution in [-0.4, -0.2) is 12.3 Å². The van der Waals surface area contributed by atoms with Gasteiger partial charge in [0.2, 0.25) is 0 Å². The van der Waals surface area contributed by atoms with Gasteiger partial charge in [-0.15, -0.1) is 0 Å². The van der Waals surface area contributed by atoms with Gasteiger partial charge in [0.05, 0.1) is 0 Å². The van der Waals surface area contributed by atoms with Crippen molar-refractivity contribution in [3.63, 3.8) is 0 Å². The van der Waals surface area contributed by atoms with Crippen molar-refractivity contribution in [2.45, 2.75) is 41.5 Å². The van der Waals surface area contributed by atoms with E-state index in [1.54, 1.807) is 0 Å². The number of hydrogen-bond donors (Lipinski definition) is 0. The highest BCUT2D eigenvalue weighted by atomic mass is 14.8. The topological polar surface area (TPSA) is 12.4 Å². The average molecular weight is 193 g/mol. The monoisotopic (exact) mass is 193 g/mol. The standard InChI is InChI=1S/C13H23N/c1-12(2,3)10-7-8-11(14-9-10)13(4,5)6/h7-8,10H,9H2,1-6H3. The molecule has 1 atom stereocenters. The van der Waals surface area contributed by atoms with Gasteiger partial charge in [0.15, 0.2) is 0 Å². The number of rotatable bonds is 0. The molecule has 0 aromatic rings. The fourth-order valence-electron chi connectivity index (χ4n) is 1.57. The predicted octanol–water partition coefficient (Wildman–Crippen LogP) is 3.71. The van der Waals surface area contributed by atoms with Gasteiger partial charge < -0.3 is 0 Å². The number of allylic oxidation sites excluding steroid dienone is 1. The summed E-state index contributed by atoms with van der Waals surface area (Å²) in [7, 11) is 0. The molecule has 1 unspecified atom stereocenters. The minimum absolute atomic E-state index is 0.194. The summed E-state index contributed by atoms with van der Waals surface area (Å²) in [6, 6.07) is 0. The summed E-state index contributed by atoms with van der Waals surface area (Å²) in [6.07, 6.45) is 4.53. The molecule has 0 bridgehead atoms. The van der Waals surface area contributed by atoms with E-state index in [0.29, 0.717) is 11.3 Å². The number of nitrogens with zero attached hydrogens (tertiary/aromatic N) is 1. The Morgan fingerprint density at radius 3 is 2.00 bits per heavy atom. The van der Waals surface area contributed by atoms with Crippen LogP contribution in [0.1, 0.15) is 41.5 Å². The van der Waals surface area contributed by atoms with Crippen LogP contribution in [0.4, 0.5) is 0 Å². The van der Waals surface area contributed by atoms with Crippen LogP contribution >= 0.6 is 0 Å². The summed E-state index contributed by atoms with van der Waals surface area (Å²) in [5.74, 6) is 0.591. The van der Waals surface area contributed by atoms with Crippen LogP contribution in [0.2, 0.25) is 0 Å². The van der Waals surface area contributed by atoms with Crippen molar-refractivity contribution in [3.8, 4) is 0 Å². The summed E-state index contributed by atoms with van der Waals surface area (Å²) in [4.78, 5) is 4.68. The second kappa shape index (κ2) is 3.52. The third-order valence-electron chi connectivity index (χ3n) is 2.83. The van der Waals surface area contributed by atoms with Crippen molar-refractivity contribution < 1.29 is 0 Å². The van der Waals surface area contributed by atoms with Crippen LogP contribution in [0.25, 0.3) is 0 Å². The lowest BCUT2D eigenvalue weighted by atomic mass is 9.78. The first-order valence-corrected chi connectivity index (χ1v) is 5.44. The molecule has 1 heteroatoms. The lowest BCUT2D eigenvalue weighted by molar-refractivity contribution is 0.298. The van der Waals surface area contributed by atoms with Crippen molar-refractivity contribution >= 4 is 5.71 Å². The molecule has 1 nitrogen and oxygen atoms in total. The first-order valence-electron chi connectivity index (χ1n) is 5.44. The number of aliphatic imine (C=N–C) groups is 1. The zero-order chi connectivity index (χ0) is 11.0. The Kier molecular flexibility index (Phi) is 2.89. The maximum atomic E-state index is 4.68. The molecule has 80 valence electrons. The zero-order valence-electron chi connectivity index (χ0n) is 10.4. The highest BCUT2D eigenvalue weighted by Crippen LogP contribution is 2.31. The summed E-state index contributed by atoms with van der Waals surface area (Å²) < 4.78 is 0. The van der Waals surface area contributed by atoms with Gasteiger partial charge in [-0.2, -0.15) is 0 Å². The highest BCUT2D eigenvalue weighted by molar-refractivity contribution is 5.99. The van der Waals surface area contributed by atoms with E-state index in [1.807, 2.05) is 0 Å². The fraction of sp³-hybridized carbons (Fsp3) is 0.769. The van der Waals surface area contributed by atoms with Crippen LogP contribution < -0.4 is 0 Å². The molecule has 0 N–H and O–H groups in total. The molecule has 0 aromatic heterocycles. The first-order chi connectivity index (χ1) is 6.21. The molecule has 0 saturated carbocycles. The molecular weight excluding hydrogens is 170 g/mol. The van der Waals surface area contributed by atoms with E-state index in [2.05, 4.69) is 58.7 Å². The molecule has 14 heavy (non-hydrogen) atoms. The second-order valence-corrected chi connectivity index (χ2v) is 6.31. The molecule has 0 spiro atoms. The van der Waals surface area contributed by atoms with Crippen LogP contribution in [-0.2, 0) is 0 Å². The molecule has 0 aliphatic carbocycles. The average Bonchev–Trinajstić information content (AvgIpc) is 2.01. The van der Waals surface area contributed by atoms with Crippen LogP contribution in [0.3, 0.4) is 0 Å². The van der Waals surface area contributed by atoms with Crippen LogP contribution in [0, 0.1) is 16.7 Å². The lowest BCUT2D eigenvalue weighted by Gasteiger charge is -2.31. The van der Waals surface area contributed by atoms with Gasteiger partial charge >= 0.3 is 0 Å². The van der Waals surface area contributed by atoms with E-state index in [0.717, 1.165) is 6.54 Å². The maximum Gasteiger partial charge on any atom is 0.0460 e. The third-order valence-corrected chi connectivity index (χ3v) is 2.83. The molecule has 1 heterocycles. The molecule has 1 rings (SSSR count). The SMILES string of the molecule is CC(C)(C)C1=NCC(C(C)(C)C)C=C1. The van der Waals surface area contributed by atoms with Crippen molar-refractivity contribution in [1.82, 2.24) is 0 Å². The van der Waals surface area contributed by atoms with Crippen LogP contribution in [0.15, 0.2) is 17.1 Å². The third kappa shape index (κ3) is 2.70. The molecular formula is C13H23N. The molecule has 1 aliphatic rings. The highest BCUT2D eigenvalue weighted by Gasteiger charge is 2.26. The van der Waals surface area contributed by atoms with E-state index < -0.39 is 0 Å². The smallest absolute Gasteiger partial charge is 0.0460 e. The second-order valence-electron chi connectivity index (χ2n) is 6.31. The normalized spacial score (nSPS) is 23.6. The van der Waals surface area contributed by atoms with Gasteiger partial charge in [-0.25, -0.2) is 0 Å². The number of dihydropyridines is 1. The quantitative estimate of drug-likeness (QED) is 0.556. The van der Waals surface area contributed by atoms with Gasteiger partial charge in [-0.3, -0.25) is 4.99 Å².